The Morgan fingerprint density at radius 3 is 2.75 bits per heavy atom. The SMILES string of the molecule is N#Cc1cnc2ccc3cc2c1[nH]c1ccccc1cnccnccco3. The van der Waals surface area contributed by atoms with Crippen molar-refractivity contribution in [3.05, 3.63) is 91.3 Å². The van der Waals surface area contributed by atoms with Crippen LogP contribution in [0.4, 0.5) is 0 Å². The van der Waals surface area contributed by atoms with Crippen LogP contribution in [0, 0.1) is 11.3 Å². The standard InChI is InChI=1S/C22H15N5O/c23-13-17-15-26-21-7-6-18-12-19(21)22(17)27-20-5-2-1-4-16(20)14-25-10-9-24-8-3-11-28-18/h1-12,14-15,27H. The highest BCUT2D eigenvalue weighted by Crippen LogP contribution is 2.22. The first-order valence-electron chi connectivity index (χ1n) is 8.57. The van der Waals surface area contributed by atoms with Crippen LogP contribution >= 0.6 is 0 Å². The number of hydrogen-bond acceptors (Lipinski definition) is 5. The van der Waals surface area contributed by atoms with Gasteiger partial charge in [0.25, 0.3) is 0 Å². The second kappa shape index (κ2) is 7.98. The molecule has 0 radical (unpaired) electrons. The molecule has 6 nitrogen and oxygen atoms in total. The molecule has 0 spiro atoms. The van der Waals surface area contributed by atoms with Gasteiger partial charge in [0, 0.05) is 47.3 Å². The lowest BCUT2D eigenvalue weighted by molar-refractivity contribution is 0.603. The first-order valence-corrected chi connectivity index (χ1v) is 8.57. The second-order valence-electron chi connectivity index (χ2n) is 5.87. The van der Waals surface area contributed by atoms with Gasteiger partial charge < -0.3 is 9.40 Å². The Morgan fingerprint density at radius 2 is 1.82 bits per heavy atom. The number of H-pyrrole nitrogens is 1. The smallest absolute Gasteiger partial charge is 0.127 e. The molecule has 2 aromatic heterocycles. The maximum atomic E-state index is 9.59. The molecule has 0 saturated heterocycles. The Labute approximate surface area is 160 Å². The molecular formula is C22H15N5O. The van der Waals surface area contributed by atoms with Gasteiger partial charge in [-0.1, -0.05) is 18.2 Å². The Morgan fingerprint density at radius 1 is 0.929 bits per heavy atom. The minimum absolute atomic E-state index is 0.445. The predicted molar refractivity (Wildman–Crippen MR) is 108 cm³/mol. The number of nitrogens with one attached hydrogen (secondary N) is 1. The average Bonchev–Trinajstić information content (AvgIpc) is 2.73. The van der Waals surface area contributed by atoms with Crippen molar-refractivity contribution in [1.29, 1.82) is 5.26 Å². The van der Waals surface area contributed by atoms with Crippen LogP contribution < -0.4 is 0 Å². The van der Waals surface area contributed by atoms with Crippen molar-refractivity contribution in [1.82, 2.24) is 19.9 Å². The van der Waals surface area contributed by atoms with Crippen LogP contribution in [0.15, 0.2) is 90.2 Å². The van der Waals surface area contributed by atoms with E-state index in [0.717, 1.165) is 21.8 Å². The summed E-state index contributed by atoms with van der Waals surface area (Å²) in [5.41, 5.74) is 3.33. The number of rotatable bonds is 0. The minimum Gasteiger partial charge on any atom is -0.465 e. The molecule has 2 heterocycles. The molecule has 0 unspecified atom stereocenters. The number of fused-ring (bicyclic) bond motifs is 2. The van der Waals surface area contributed by atoms with Gasteiger partial charge >= 0.3 is 0 Å². The molecule has 0 atom stereocenters. The summed E-state index contributed by atoms with van der Waals surface area (Å²) >= 11 is 0. The fourth-order valence-corrected chi connectivity index (χ4v) is 2.78. The first-order chi connectivity index (χ1) is 13.8. The Balaban J connectivity index is 2.22. The van der Waals surface area contributed by atoms with E-state index in [1.165, 1.54) is 6.26 Å². The van der Waals surface area contributed by atoms with Crippen molar-refractivity contribution >= 4 is 32.9 Å². The summed E-state index contributed by atoms with van der Waals surface area (Å²) < 4.78 is 5.65. The number of nitriles is 1. The molecule has 0 fully saturated rings. The molecule has 134 valence electrons. The van der Waals surface area contributed by atoms with E-state index in [2.05, 4.69) is 26.0 Å². The largest absolute Gasteiger partial charge is 0.465 e. The number of pyridine rings is 1. The molecule has 0 aliphatic rings. The van der Waals surface area contributed by atoms with Gasteiger partial charge in [-0.3, -0.25) is 15.0 Å². The highest BCUT2D eigenvalue weighted by molar-refractivity contribution is 5.99. The molecule has 0 aliphatic heterocycles. The van der Waals surface area contributed by atoms with Crippen LogP contribution in [0.2, 0.25) is 0 Å². The molecule has 4 rings (SSSR count). The van der Waals surface area contributed by atoms with E-state index >= 15 is 0 Å². The molecule has 0 aliphatic carbocycles. The lowest BCUT2D eigenvalue weighted by atomic mass is 10.1. The number of benzene rings is 2. The van der Waals surface area contributed by atoms with E-state index in [4.69, 9.17) is 4.42 Å². The Kier molecular flexibility index (Phi) is 4.90. The normalized spacial score (nSPS) is 10.1. The lowest BCUT2D eigenvalue weighted by Crippen LogP contribution is -1.88. The van der Waals surface area contributed by atoms with Crippen LogP contribution in [0.1, 0.15) is 5.56 Å². The number of nitrogens with zero attached hydrogens (tertiary/aromatic N) is 4. The van der Waals surface area contributed by atoms with Gasteiger partial charge in [0.2, 0.25) is 0 Å². The van der Waals surface area contributed by atoms with Crippen LogP contribution in [0.5, 0.6) is 0 Å². The summed E-state index contributed by atoms with van der Waals surface area (Å²) in [5, 5.41) is 11.3. The molecule has 2 aromatic carbocycles. The summed E-state index contributed by atoms with van der Waals surface area (Å²) in [7, 11) is 0. The number of aromatic amines is 1. The van der Waals surface area contributed by atoms with E-state index in [9.17, 15) is 5.26 Å². The van der Waals surface area contributed by atoms with Gasteiger partial charge in [0.15, 0.2) is 0 Å². The zero-order chi connectivity index (χ0) is 19.2. The monoisotopic (exact) mass is 365 g/mol. The Hall–Kier alpha value is -4.24. The summed E-state index contributed by atoms with van der Waals surface area (Å²) in [6, 6.07) is 17.2. The zero-order valence-electron chi connectivity index (χ0n) is 14.8. The second-order valence-corrected chi connectivity index (χ2v) is 5.87. The predicted octanol–water partition coefficient (Wildman–Crippen LogP) is 4.93. The third-order valence-corrected chi connectivity index (χ3v) is 4.09. The third-order valence-electron chi connectivity index (χ3n) is 4.09. The number of para-hydroxylation sites is 1. The van der Waals surface area contributed by atoms with Crippen molar-refractivity contribution in [3.8, 4) is 6.07 Å². The third kappa shape index (κ3) is 3.64. The van der Waals surface area contributed by atoms with Crippen molar-refractivity contribution in [2.24, 2.45) is 0 Å². The topological polar surface area (TPSA) is 91.4 Å². The van der Waals surface area contributed by atoms with E-state index in [0.29, 0.717) is 16.7 Å². The van der Waals surface area contributed by atoms with E-state index < -0.39 is 0 Å². The number of hydrogen-bond donors (Lipinski definition) is 1. The molecule has 6 heteroatoms. The van der Waals surface area contributed by atoms with E-state index in [1.807, 2.05) is 42.5 Å². The lowest BCUT2D eigenvalue weighted by Gasteiger charge is -2.02. The van der Waals surface area contributed by atoms with E-state index in [1.54, 1.807) is 37.1 Å². The number of aromatic nitrogens is 4. The average molecular weight is 365 g/mol. The van der Waals surface area contributed by atoms with Gasteiger partial charge in [-0.15, -0.1) is 0 Å². The van der Waals surface area contributed by atoms with Gasteiger partial charge in [0.05, 0.1) is 22.9 Å². The maximum absolute atomic E-state index is 9.59. The molecule has 28 heavy (non-hydrogen) atoms. The summed E-state index contributed by atoms with van der Waals surface area (Å²) in [6.45, 7) is 0. The van der Waals surface area contributed by atoms with Crippen molar-refractivity contribution in [2.45, 2.75) is 0 Å². The Bertz CT molecular complexity index is 1350. The highest BCUT2D eigenvalue weighted by atomic mass is 16.3. The summed E-state index contributed by atoms with van der Waals surface area (Å²) in [4.78, 5) is 16.1. The van der Waals surface area contributed by atoms with E-state index in [-0.39, 0.29) is 0 Å². The van der Waals surface area contributed by atoms with Crippen molar-refractivity contribution in [3.63, 3.8) is 0 Å². The fourth-order valence-electron chi connectivity index (χ4n) is 2.78. The van der Waals surface area contributed by atoms with Gasteiger partial charge in [0.1, 0.15) is 11.7 Å². The highest BCUT2D eigenvalue weighted by Gasteiger charge is 2.05. The quantitative estimate of drug-likeness (QED) is 0.477. The molecule has 0 saturated carbocycles. The van der Waals surface area contributed by atoms with Crippen LogP contribution in [0.25, 0.3) is 32.9 Å². The minimum atomic E-state index is 0.445. The van der Waals surface area contributed by atoms with Crippen LogP contribution in [0.3, 0.4) is 0 Å². The van der Waals surface area contributed by atoms with Crippen LogP contribution in [-0.2, 0) is 0 Å². The molecule has 4 aromatic rings. The van der Waals surface area contributed by atoms with Crippen LogP contribution in [-0.4, -0.2) is 19.9 Å². The van der Waals surface area contributed by atoms with Crippen molar-refractivity contribution in [2.75, 3.05) is 0 Å². The molecule has 0 amide bonds. The zero-order valence-corrected chi connectivity index (χ0v) is 14.8. The fraction of sp³-hybridized carbons (Fsp3) is 0. The molecular weight excluding hydrogens is 350 g/mol. The van der Waals surface area contributed by atoms with Gasteiger partial charge in [-0.05, 0) is 30.3 Å². The first kappa shape index (κ1) is 17.2. The summed E-state index contributed by atoms with van der Waals surface area (Å²) in [5.74, 6) is 0. The molecule has 2 bridgehead atoms. The van der Waals surface area contributed by atoms with Gasteiger partial charge in [-0.25, -0.2) is 0 Å². The van der Waals surface area contributed by atoms with Crippen molar-refractivity contribution < 1.29 is 4.42 Å². The summed E-state index contributed by atoms with van der Waals surface area (Å²) in [6.07, 6.45) is 9.64. The maximum Gasteiger partial charge on any atom is 0.127 e. The van der Waals surface area contributed by atoms with Gasteiger partial charge in [-0.2, -0.15) is 5.26 Å². The molecule has 1 N–H and O–H groups in total.